The van der Waals surface area contributed by atoms with Gasteiger partial charge in [0.25, 0.3) is 0 Å². The van der Waals surface area contributed by atoms with Gasteiger partial charge in [-0.3, -0.25) is 0 Å². The molecule has 0 bridgehead atoms. The van der Waals surface area contributed by atoms with Crippen molar-refractivity contribution < 1.29 is 19.5 Å². The van der Waals surface area contributed by atoms with Crippen molar-refractivity contribution in [2.45, 2.75) is 310 Å². The van der Waals surface area contributed by atoms with E-state index < -0.39 is 0 Å². The first-order valence-electron chi connectivity index (χ1n) is 27.4. The van der Waals surface area contributed by atoms with Gasteiger partial charge in [-0.25, -0.2) is 0 Å². The van der Waals surface area contributed by atoms with Crippen LogP contribution in [0.1, 0.15) is 310 Å². The molecule has 0 unspecified atom stereocenters. The van der Waals surface area contributed by atoms with Gasteiger partial charge in [-0.1, -0.05) is 293 Å². The summed E-state index contributed by atoms with van der Waals surface area (Å²) in [4.78, 5) is 4.57. The molecule has 2 nitrogen and oxygen atoms in total. The number of hydrogen-bond donors (Lipinski definition) is 0. The summed E-state index contributed by atoms with van der Waals surface area (Å²) in [5.41, 5.74) is 0. The average molecular weight is 979 g/mol. The Bertz CT molecular complexity index is 713. The molecule has 7 heteroatoms. The Hall–Kier alpha value is 0.843. The van der Waals surface area contributed by atoms with Crippen LogP contribution in [0.5, 0.6) is 0 Å². The van der Waals surface area contributed by atoms with Crippen LogP contribution in [0.15, 0.2) is 0 Å². The Kier molecular flexibility index (Phi) is 63.8. The maximum Gasteiger partial charge on any atom is 2.00 e. The van der Waals surface area contributed by atoms with Gasteiger partial charge in [0.2, 0.25) is 0 Å². The summed E-state index contributed by atoms with van der Waals surface area (Å²) in [7, 11) is 0. The number of thiocarbonyl (C=S) groups is 2. The van der Waals surface area contributed by atoms with Gasteiger partial charge in [0.05, 0.1) is 0 Å². The first-order chi connectivity index (χ1) is 29.4. The van der Waals surface area contributed by atoms with E-state index in [1.165, 1.54) is 283 Å². The smallest absolute Gasteiger partial charge is 0.411 e. The molecule has 0 atom stereocenters. The Morgan fingerprint density at radius 1 is 0.246 bits per heavy atom. The minimum atomic E-state index is 0. The van der Waals surface area contributed by atoms with E-state index in [0.717, 1.165) is 26.2 Å². The minimum absolute atomic E-state index is 0. The van der Waals surface area contributed by atoms with Gasteiger partial charge < -0.3 is 59.5 Å². The van der Waals surface area contributed by atoms with E-state index in [-0.39, 0.29) is 19.5 Å². The zero-order chi connectivity index (χ0) is 44.3. The van der Waals surface area contributed by atoms with E-state index in [1.54, 1.807) is 0 Å². The predicted octanol–water partition coefficient (Wildman–Crippen LogP) is 19.5. The maximum atomic E-state index is 5.32. The minimum Gasteiger partial charge on any atom is -0.411 e. The summed E-state index contributed by atoms with van der Waals surface area (Å²) in [6.07, 6.45) is 61.3. The van der Waals surface area contributed by atoms with Gasteiger partial charge in [0.15, 0.2) is 0 Å². The Morgan fingerprint density at radius 3 is 0.475 bits per heavy atom. The van der Waals surface area contributed by atoms with Crippen LogP contribution in [0.2, 0.25) is 0 Å². The van der Waals surface area contributed by atoms with E-state index in [0.29, 0.717) is 8.64 Å². The molecular formula is C54H108N2S4Zn. The second-order valence-electron chi connectivity index (χ2n) is 18.6. The molecule has 0 saturated heterocycles. The molecule has 0 aliphatic carbocycles. The predicted molar refractivity (Wildman–Crippen MR) is 289 cm³/mol. The van der Waals surface area contributed by atoms with E-state index in [9.17, 15) is 0 Å². The van der Waals surface area contributed by atoms with Crippen LogP contribution in [-0.4, -0.2) is 44.6 Å². The van der Waals surface area contributed by atoms with Crippen molar-refractivity contribution in [3.05, 3.63) is 0 Å². The second-order valence-corrected chi connectivity index (χ2v) is 20.7. The molecule has 0 aromatic rings. The molecule has 61 heavy (non-hydrogen) atoms. The molecular weight excluding hydrogens is 870 g/mol. The van der Waals surface area contributed by atoms with Crippen molar-refractivity contribution in [1.82, 2.24) is 9.80 Å². The van der Waals surface area contributed by atoms with E-state index in [1.807, 2.05) is 0 Å². The second kappa shape index (κ2) is 58.9. The normalized spacial score (nSPS) is 11.0. The van der Waals surface area contributed by atoms with Crippen LogP contribution in [-0.2, 0) is 44.7 Å². The molecule has 0 amide bonds. The molecule has 0 aromatic carbocycles. The van der Waals surface area contributed by atoms with Crippen LogP contribution in [0.4, 0.5) is 0 Å². The van der Waals surface area contributed by atoms with Crippen molar-refractivity contribution in [2.24, 2.45) is 0 Å². The average Bonchev–Trinajstić information content (AvgIpc) is 3.24. The van der Waals surface area contributed by atoms with E-state index >= 15 is 0 Å². The SMILES string of the molecule is CCCCCCCCCCCCCN(CCCCCCCCCCCCC)C(=S)[S-].CCCCCCCCCCCCCN(CCCCCCCCCCCCC)C(=S)[S-].[Zn+2]. The summed E-state index contributed by atoms with van der Waals surface area (Å²) in [6.45, 7) is 13.5. The standard InChI is InChI=1S/2C27H55NS2.Zn/c2*1-3-5-7-9-11-13-15-17-19-21-23-25-28(27(29)30)26-24-22-20-18-16-14-12-10-8-6-4-2;/h2*3-26H2,1-2H3,(H,29,30);/q;;+2/p-2. The molecule has 360 valence electrons. The van der Waals surface area contributed by atoms with Gasteiger partial charge in [0, 0.05) is 26.2 Å². The van der Waals surface area contributed by atoms with Gasteiger partial charge in [0.1, 0.15) is 0 Å². The molecule has 0 N–H and O–H groups in total. The van der Waals surface area contributed by atoms with E-state index in [2.05, 4.69) is 37.5 Å². The first-order valence-corrected chi connectivity index (χ1v) is 29.0. The number of unbranched alkanes of at least 4 members (excludes halogenated alkanes) is 40. The van der Waals surface area contributed by atoms with Crippen molar-refractivity contribution in [3.8, 4) is 0 Å². The van der Waals surface area contributed by atoms with Crippen LogP contribution < -0.4 is 0 Å². The van der Waals surface area contributed by atoms with Crippen molar-refractivity contribution in [1.29, 1.82) is 0 Å². The maximum absolute atomic E-state index is 5.32. The summed E-state index contributed by atoms with van der Waals surface area (Å²) >= 11 is 21.3. The Balaban J connectivity index is -0.00000109. The molecule has 0 fully saturated rings. The molecule has 0 aromatic heterocycles. The fourth-order valence-electron chi connectivity index (χ4n) is 8.46. The quantitative estimate of drug-likeness (QED) is 0.0258. The molecule has 0 aliphatic rings. The fourth-order valence-corrected chi connectivity index (χ4v) is 9.19. The van der Waals surface area contributed by atoms with Crippen LogP contribution in [0.25, 0.3) is 0 Å². The van der Waals surface area contributed by atoms with Gasteiger partial charge in [-0.05, 0) is 25.7 Å². The third-order valence-electron chi connectivity index (χ3n) is 12.6. The Labute approximate surface area is 421 Å². The number of nitrogens with zero attached hydrogens (tertiary/aromatic N) is 2. The van der Waals surface area contributed by atoms with Crippen LogP contribution in [0.3, 0.4) is 0 Å². The molecule has 0 heterocycles. The summed E-state index contributed by atoms with van der Waals surface area (Å²) in [6, 6.07) is 0. The third kappa shape index (κ3) is 56.9. The summed E-state index contributed by atoms with van der Waals surface area (Å²) < 4.78 is 1.38. The molecule has 0 radical (unpaired) electrons. The van der Waals surface area contributed by atoms with Gasteiger partial charge in [-0.2, -0.15) is 0 Å². The third-order valence-corrected chi connectivity index (χ3v) is 13.7. The van der Waals surface area contributed by atoms with Crippen molar-refractivity contribution in [2.75, 3.05) is 26.2 Å². The first kappa shape index (κ1) is 66.1. The van der Waals surface area contributed by atoms with Gasteiger partial charge >= 0.3 is 19.5 Å². The summed E-state index contributed by atoms with van der Waals surface area (Å²) in [5.74, 6) is 0. The van der Waals surface area contributed by atoms with Crippen molar-refractivity contribution in [3.63, 3.8) is 0 Å². The fraction of sp³-hybridized carbons (Fsp3) is 0.963. The largest absolute Gasteiger partial charge is 2.00 e. The van der Waals surface area contributed by atoms with Gasteiger partial charge in [-0.15, -0.1) is 0 Å². The zero-order valence-corrected chi connectivity index (χ0v) is 48.4. The topological polar surface area (TPSA) is 6.48 Å². The van der Waals surface area contributed by atoms with Crippen molar-refractivity contribution >= 4 is 58.3 Å². The Morgan fingerprint density at radius 2 is 0.361 bits per heavy atom. The molecule has 0 spiro atoms. The monoisotopic (exact) mass is 977 g/mol. The van der Waals surface area contributed by atoms with Crippen LogP contribution in [0, 0.1) is 0 Å². The van der Waals surface area contributed by atoms with E-state index in [4.69, 9.17) is 49.7 Å². The molecule has 0 aliphatic heterocycles. The number of hydrogen-bond acceptors (Lipinski definition) is 4. The van der Waals surface area contributed by atoms with Crippen LogP contribution >= 0.6 is 24.4 Å². The summed E-state index contributed by atoms with van der Waals surface area (Å²) in [5, 5.41) is 0. The molecule has 0 saturated carbocycles. The zero-order valence-electron chi connectivity index (χ0n) is 42.2. The number of rotatable bonds is 48. The molecule has 0 rings (SSSR count).